The molecular weight excluding hydrogens is 336 g/mol. The molecule has 0 aliphatic rings. The average Bonchev–Trinajstić information content (AvgIpc) is 2.67. The van der Waals surface area contributed by atoms with Gasteiger partial charge in [-0.05, 0) is 46.9 Å². The molecule has 0 saturated heterocycles. The molecule has 0 fully saturated rings. The molecule has 2 aromatic heterocycles. The Morgan fingerprint density at radius 2 is 1.63 bits per heavy atom. The first-order chi connectivity index (χ1) is 12.9. The lowest BCUT2D eigenvalue weighted by atomic mass is 9.87. The van der Waals surface area contributed by atoms with Gasteiger partial charge in [0.1, 0.15) is 0 Å². The maximum atomic E-state index is 12.4. The van der Waals surface area contributed by atoms with E-state index < -0.39 is 0 Å². The molecule has 5 nitrogen and oxygen atoms in total. The molecule has 1 amide bonds. The molecule has 0 aliphatic carbocycles. The molecule has 0 radical (unpaired) electrons. The Hall–Kier alpha value is -3.21. The van der Waals surface area contributed by atoms with Gasteiger partial charge in [-0.2, -0.15) is 0 Å². The summed E-state index contributed by atoms with van der Waals surface area (Å²) in [6.45, 7) is 7.02. The number of hydrogen-bond donors (Lipinski definition) is 2. The number of nitrogens with zero attached hydrogens (tertiary/aromatic N) is 2. The van der Waals surface area contributed by atoms with E-state index >= 15 is 0 Å². The highest BCUT2D eigenvalue weighted by Gasteiger charge is 2.13. The van der Waals surface area contributed by atoms with Gasteiger partial charge in [0.25, 0.3) is 5.91 Å². The second-order valence-electron chi connectivity index (χ2n) is 7.45. The van der Waals surface area contributed by atoms with E-state index in [0.29, 0.717) is 12.1 Å². The summed E-state index contributed by atoms with van der Waals surface area (Å²) in [5.41, 5.74) is 4.64. The van der Waals surface area contributed by atoms with Crippen LogP contribution in [-0.4, -0.2) is 15.9 Å². The van der Waals surface area contributed by atoms with Crippen molar-refractivity contribution < 1.29 is 4.79 Å². The van der Waals surface area contributed by atoms with Gasteiger partial charge in [-0.1, -0.05) is 32.9 Å². The highest BCUT2D eigenvalue weighted by atomic mass is 16.1. The quantitative estimate of drug-likeness (QED) is 0.705. The fourth-order valence-electron chi connectivity index (χ4n) is 2.64. The number of pyridine rings is 2. The minimum absolute atomic E-state index is 0.118. The fraction of sp³-hybridized carbons (Fsp3) is 0.227. The Morgan fingerprint density at radius 3 is 2.30 bits per heavy atom. The molecule has 0 aliphatic heterocycles. The van der Waals surface area contributed by atoms with Crippen LogP contribution in [0.25, 0.3) is 0 Å². The Bertz CT molecular complexity index is 900. The summed E-state index contributed by atoms with van der Waals surface area (Å²) in [5.74, 6) is -0.161. The maximum Gasteiger partial charge on any atom is 0.253 e. The molecule has 0 unspecified atom stereocenters. The van der Waals surface area contributed by atoms with E-state index in [4.69, 9.17) is 0 Å². The topological polar surface area (TPSA) is 66.9 Å². The van der Waals surface area contributed by atoms with Crippen molar-refractivity contribution in [2.75, 3.05) is 5.32 Å². The first kappa shape index (κ1) is 18.6. The first-order valence-electron chi connectivity index (χ1n) is 8.91. The number of benzene rings is 1. The van der Waals surface area contributed by atoms with Gasteiger partial charge in [0.2, 0.25) is 0 Å². The molecule has 3 rings (SSSR count). The van der Waals surface area contributed by atoms with Crippen LogP contribution in [0.2, 0.25) is 0 Å². The molecular formula is C22H24N4O. The van der Waals surface area contributed by atoms with Crippen molar-refractivity contribution in [3.63, 3.8) is 0 Å². The third kappa shape index (κ3) is 5.14. The van der Waals surface area contributed by atoms with Gasteiger partial charge < -0.3 is 10.6 Å². The van der Waals surface area contributed by atoms with Crippen LogP contribution in [0.1, 0.15) is 42.3 Å². The van der Waals surface area contributed by atoms with Gasteiger partial charge in [0, 0.05) is 30.8 Å². The molecule has 0 atom stereocenters. The van der Waals surface area contributed by atoms with Crippen molar-refractivity contribution >= 4 is 17.3 Å². The normalized spacial score (nSPS) is 11.1. The van der Waals surface area contributed by atoms with Gasteiger partial charge in [0.15, 0.2) is 0 Å². The summed E-state index contributed by atoms with van der Waals surface area (Å²) in [4.78, 5) is 20.5. The Balaban J connectivity index is 1.65. The van der Waals surface area contributed by atoms with Crippen molar-refractivity contribution in [3.05, 3.63) is 83.9 Å². The van der Waals surface area contributed by atoms with E-state index in [1.54, 1.807) is 30.9 Å². The van der Waals surface area contributed by atoms with Crippen LogP contribution in [0, 0.1) is 0 Å². The highest BCUT2D eigenvalue weighted by Crippen LogP contribution is 2.25. The third-order valence-corrected chi connectivity index (χ3v) is 4.24. The molecule has 0 bridgehead atoms. The SMILES string of the molecule is CC(C)(C)c1ccc(Nc2cncc(C(=O)NCc3ccncc3)c2)cc1. The molecule has 138 valence electrons. The van der Waals surface area contributed by atoms with Gasteiger partial charge in [-0.15, -0.1) is 0 Å². The van der Waals surface area contributed by atoms with E-state index in [1.807, 2.05) is 24.3 Å². The van der Waals surface area contributed by atoms with Gasteiger partial charge in [0.05, 0.1) is 17.4 Å². The summed E-state index contributed by atoms with van der Waals surface area (Å²) < 4.78 is 0. The summed E-state index contributed by atoms with van der Waals surface area (Å²) in [7, 11) is 0. The number of carbonyl (C=O) groups is 1. The lowest BCUT2D eigenvalue weighted by molar-refractivity contribution is 0.0950. The van der Waals surface area contributed by atoms with Crippen molar-refractivity contribution in [3.8, 4) is 0 Å². The van der Waals surface area contributed by atoms with Crippen LogP contribution in [0.15, 0.2) is 67.3 Å². The molecule has 0 saturated carbocycles. The van der Waals surface area contributed by atoms with Crippen LogP contribution in [0.3, 0.4) is 0 Å². The summed E-state index contributed by atoms with van der Waals surface area (Å²) in [5, 5.41) is 6.20. The van der Waals surface area contributed by atoms with Gasteiger partial charge >= 0.3 is 0 Å². The van der Waals surface area contributed by atoms with E-state index in [2.05, 4.69) is 53.5 Å². The Kier molecular flexibility index (Phi) is 5.50. The molecule has 5 heteroatoms. The van der Waals surface area contributed by atoms with E-state index in [-0.39, 0.29) is 11.3 Å². The molecule has 3 aromatic rings. The fourth-order valence-corrected chi connectivity index (χ4v) is 2.64. The Morgan fingerprint density at radius 1 is 0.926 bits per heavy atom. The zero-order chi connectivity index (χ0) is 19.3. The van der Waals surface area contributed by atoms with Crippen molar-refractivity contribution in [1.82, 2.24) is 15.3 Å². The first-order valence-corrected chi connectivity index (χ1v) is 8.91. The molecule has 2 N–H and O–H groups in total. The van der Waals surface area contributed by atoms with Gasteiger partial charge in [-0.3, -0.25) is 14.8 Å². The van der Waals surface area contributed by atoms with Crippen molar-refractivity contribution in [2.24, 2.45) is 0 Å². The van der Waals surface area contributed by atoms with Crippen molar-refractivity contribution in [1.29, 1.82) is 0 Å². The predicted octanol–water partition coefficient (Wildman–Crippen LogP) is 4.45. The summed E-state index contributed by atoms with van der Waals surface area (Å²) >= 11 is 0. The second kappa shape index (κ2) is 7.99. The summed E-state index contributed by atoms with van der Waals surface area (Å²) in [6.07, 6.45) is 6.68. The Labute approximate surface area is 159 Å². The maximum absolute atomic E-state index is 12.4. The van der Waals surface area contributed by atoms with E-state index in [0.717, 1.165) is 16.9 Å². The lowest BCUT2D eigenvalue weighted by Crippen LogP contribution is -2.23. The zero-order valence-electron chi connectivity index (χ0n) is 15.9. The number of aromatic nitrogens is 2. The standard InChI is InChI=1S/C22H24N4O/c1-22(2,3)18-4-6-19(7-5-18)26-20-12-17(14-24-15-20)21(27)25-13-16-8-10-23-11-9-16/h4-12,14-15,26H,13H2,1-3H3,(H,25,27). The van der Waals surface area contributed by atoms with E-state index in [9.17, 15) is 4.79 Å². The zero-order valence-corrected chi connectivity index (χ0v) is 15.9. The lowest BCUT2D eigenvalue weighted by Gasteiger charge is -2.19. The van der Waals surface area contributed by atoms with Crippen LogP contribution in [0.4, 0.5) is 11.4 Å². The van der Waals surface area contributed by atoms with Crippen LogP contribution >= 0.6 is 0 Å². The molecule has 0 spiro atoms. The van der Waals surface area contributed by atoms with Crippen LogP contribution in [-0.2, 0) is 12.0 Å². The van der Waals surface area contributed by atoms with Crippen LogP contribution in [0.5, 0.6) is 0 Å². The smallest absolute Gasteiger partial charge is 0.253 e. The van der Waals surface area contributed by atoms with Gasteiger partial charge in [-0.25, -0.2) is 0 Å². The molecule has 1 aromatic carbocycles. The highest BCUT2D eigenvalue weighted by molar-refractivity contribution is 5.94. The monoisotopic (exact) mass is 360 g/mol. The number of rotatable bonds is 5. The van der Waals surface area contributed by atoms with Crippen LogP contribution < -0.4 is 10.6 Å². The molecule has 2 heterocycles. The third-order valence-electron chi connectivity index (χ3n) is 4.24. The molecule has 27 heavy (non-hydrogen) atoms. The number of carbonyl (C=O) groups excluding carboxylic acids is 1. The number of anilines is 2. The van der Waals surface area contributed by atoms with E-state index in [1.165, 1.54) is 5.56 Å². The largest absolute Gasteiger partial charge is 0.354 e. The number of hydrogen-bond acceptors (Lipinski definition) is 4. The number of amides is 1. The minimum atomic E-state index is -0.161. The minimum Gasteiger partial charge on any atom is -0.354 e. The summed E-state index contributed by atoms with van der Waals surface area (Å²) in [6, 6.07) is 13.8. The number of nitrogens with one attached hydrogen (secondary N) is 2. The van der Waals surface area contributed by atoms with Crippen molar-refractivity contribution in [2.45, 2.75) is 32.7 Å². The average molecular weight is 360 g/mol. The predicted molar refractivity (Wildman–Crippen MR) is 108 cm³/mol. The second-order valence-corrected chi connectivity index (χ2v) is 7.45.